The molecule has 0 aromatic rings. The van der Waals surface area contributed by atoms with Gasteiger partial charge >= 0.3 is 5.97 Å². The fraction of sp³-hybridized carbons (Fsp3) is 0.750. The highest BCUT2D eigenvalue weighted by molar-refractivity contribution is 6.33. The molecule has 0 spiro atoms. The van der Waals surface area contributed by atoms with Crippen LogP contribution in [-0.4, -0.2) is 17.9 Å². The monoisotopic (exact) mass is 158 g/mol. The topological polar surface area (TPSA) is 43.4 Å². The van der Waals surface area contributed by atoms with Crippen LogP contribution >= 0.6 is 0 Å². The average molecular weight is 158 g/mol. The van der Waals surface area contributed by atoms with E-state index < -0.39 is 11.8 Å². The lowest BCUT2D eigenvalue weighted by Gasteiger charge is -2.08. The van der Waals surface area contributed by atoms with Crippen molar-refractivity contribution in [2.75, 3.05) is 0 Å². The third-order valence-corrected chi connectivity index (χ3v) is 1.43. The van der Waals surface area contributed by atoms with Crippen LogP contribution in [0, 0.1) is 0 Å². The minimum atomic E-state index is -0.707. The summed E-state index contributed by atoms with van der Waals surface area (Å²) in [5, 5.41) is 0. The highest BCUT2D eigenvalue weighted by atomic mass is 16.5. The van der Waals surface area contributed by atoms with Crippen LogP contribution in [0.3, 0.4) is 0 Å². The molecule has 1 unspecified atom stereocenters. The Morgan fingerprint density at radius 1 is 1.36 bits per heavy atom. The van der Waals surface area contributed by atoms with Crippen molar-refractivity contribution in [1.82, 2.24) is 0 Å². The van der Waals surface area contributed by atoms with E-state index in [1.807, 2.05) is 6.92 Å². The smallest absolute Gasteiger partial charge is 0.374 e. The Morgan fingerprint density at radius 2 is 1.91 bits per heavy atom. The molecule has 0 aliphatic carbocycles. The summed E-state index contributed by atoms with van der Waals surface area (Å²) in [6, 6.07) is 0. The van der Waals surface area contributed by atoms with Gasteiger partial charge in [-0.1, -0.05) is 13.8 Å². The van der Waals surface area contributed by atoms with Crippen LogP contribution in [0.1, 0.15) is 33.6 Å². The van der Waals surface area contributed by atoms with E-state index in [1.165, 1.54) is 0 Å². The van der Waals surface area contributed by atoms with Crippen LogP contribution in [0.5, 0.6) is 0 Å². The van der Waals surface area contributed by atoms with E-state index in [0.29, 0.717) is 0 Å². The van der Waals surface area contributed by atoms with E-state index in [0.717, 1.165) is 6.42 Å². The lowest BCUT2D eigenvalue weighted by Crippen LogP contribution is -2.21. The first-order valence-corrected chi connectivity index (χ1v) is 3.85. The molecule has 0 bridgehead atoms. The second kappa shape index (κ2) is 4.88. The lowest BCUT2D eigenvalue weighted by atomic mass is 10.3. The Morgan fingerprint density at radius 3 is 2.27 bits per heavy atom. The first-order valence-electron chi connectivity index (χ1n) is 3.85. The summed E-state index contributed by atoms with van der Waals surface area (Å²) >= 11 is 0. The van der Waals surface area contributed by atoms with Gasteiger partial charge in [-0.2, -0.15) is 0 Å². The molecule has 0 aromatic heterocycles. The van der Waals surface area contributed by atoms with E-state index in [2.05, 4.69) is 0 Å². The Kier molecular flexibility index (Phi) is 4.50. The predicted molar refractivity (Wildman–Crippen MR) is 41.1 cm³/mol. The summed E-state index contributed by atoms with van der Waals surface area (Å²) in [6.07, 6.45) is 0.802. The first kappa shape index (κ1) is 10.1. The van der Waals surface area contributed by atoms with Gasteiger partial charge in [0, 0.05) is 6.42 Å². The van der Waals surface area contributed by atoms with Gasteiger partial charge in [-0.25, -0.2) is 4.79 Å². The van der Waals surface area contributed by atoms with E-state index in [-0.39, 0.29) is 12.5 Å². The Labute approximate surface area is 66.7 Å². The zero-order chi connectivity index (χ0) is 8.85. The lowest BCUT2D eigenvalue weighted by molar-refractivity contribution is -0.157. The molecule has 3 nitrogen and oxygen atoms in total. The Balaban J connectivity index is 3.77. The van der Waals surface area contributed by atoms with E-state index in [4.69, 9.17) is 4.74 Å². The van der Waals surface area contributed by atoms with Crippen molar-refractivity contribution in [3.63, 3.8) is 0 Å². The number of hydrogen-bond acceptors (Lipinski definition) is 3. The van der Waals surface area contributed by atoms with Crippen molar-refractivity contribution in [2.24, 2.45) is 0 Å². The van der Waals surface area contributed by atoms with Gasteiger partial charge in [-0.3, -0.25) is 4.79 Å². The molecule has 0 fully saturated rings. The van der Waals surface area contributed by atoms with Crippen LogP contribution < -0.4 is 0 Å². The van der Waals surface area contributed by atoms with E-state index in [1.54, 1.807) is 13.8 Å². The minimum absolute atomic E-state index is 0.155. The number of ketones is 1. The van der Waals surface area contributed by atoms with Gasteiger partial charge in [0.15, 0.2) is 0 Å². The molecule has 0 rings (SSSR count). The average Bonchev–Trinajstić information content (AvgIpc) is 2.02. The molecule has 0 N–H and O–H groups in total. The van der Waals surface area contributed by atoms with Crippen molar-refractivity contribution in [2.45, 2.75) is 39.7 Å². The number of carbonyl (C=O) groups is 2. The van der Waals surface area contributed by atoms with Crippen molar-refractivity contribution >= 4 is 11.8 Å². The summed E-state index contributed by atoms with van der Waals surface area (Å²) in [4.78, 5) is 21.5. The largest absolute Gasteiger partial charge is 0.457 e. The maximum Gasteiger partial charge on any atom is 0.374 e. The molecular formula is C8H14O3. The number of esters is 1. The second-order valence-corrected chi connectivity index (χ2v) is 2.40. The number of hydrogen-bond donors (Lipinski definition) is 0. The normalized spacial score (nSPS) is 12.3. The van der Waals surface area contributed by atoms with Gasteiger partial charge in [0.25, 0.3) is 0 Å². The standard InChI is InChI=1S/C8H14O3/c1-4-6(3)11-8(10)7(9)5-2/h6H,4-5H2,1-3H3. The number of carbonyl (C=O) groups excluding carboxylic acids is 2. The van der Waals surface area contributed by atoms with Crippen molar-refractivity contribution < 1.29 is 14.3 Å². The molecule has 0 aliphatic rings. The maximum atomic E-state index is 10.8. The van der Waals surface area contributed by atoms with Crippen molar-refractivity contribution in [1.29, 1.82) is 0 Å². The van der Waals surface area contributed by atoms with E-state index >= 15 is 0 Å². The first-order chi connectivity index (χ1) is 5.11. The van der Waals surface area contributed by atoms with Crippen LogP contribution in [0.4, 0.5) is 0 Å². The van der Waals surface area contributed by atoms with Gasteiger partial charge in [0.1, 0.15) is 0 Å². The predicted octanol–water partition coefficient (Wildman–Crippen LogP) is 1.31. The summed E-state index contributed by atoms with van der Waals surface area (Å²) < 4.78 is 4.76. The second-order valence-electron chi connectivity index (χ2n) is 2.40. The zero-order valence-corrected chi connectivity index (χ0v) is 7.22. The SMILES string of the molecule is CCC(=O)C(=O)OC(C)CC. The molecule has 64 valence electrons. The third-order valence-electron chi connectivity index (χ3n) is 1.43. The van der Waals surface area contributed by atoms with Crippen LogP contribution in [-0.2, 0) is 14.3 Å². The Bertz CT molecular complexity index is 151. The molecule has 0 saturated heterocycles. The molecule has 0 saturated carbocycles. The summed E-state index contributed by atoms with van der Waals surface area (Å²) in [5.74, 6) is -1.16. The van der Waals surface area contributed by atoms with E-state index in [9.17, 15) is 9.59 Å². The van der Waals surface area contributed by atoms with Crippen LogP contribution in [0.2, 0.25) is 0 Å². The Hall–Kier alpha value is -0.860. The molecule has 3 heteroatoms. The molecule has 0 aliphatic heterocycles. The van der Waals surface area contributed by atoms with Gasteiger partial charge in [-0.15, -0.1) is 0 Å². The number of ether oxygens (including phenoxy) is 1. The molecule has 11 heavy (non-hydrogen) atoms. The molecule has 0 amide bonds. The number of rotatable bonds is 4. The molecular weight excluding hydrogens is 144 g/mol. The summed E-state index contributed by atoms with van der Waals surface area (Å²) in [6.45, 7) is 5.30. The van der Waals surface area contributed by atoms with Gasteiger partial charge in [0.2, 0.25) is 5.78 Å². The highest BCUT2D eigenvalue weighted by Crippen LogP contribution is 1.97. The van der Waals surface area contributed by atoms with Crippen molar-refractivity contribution in [3.05, 3.63) is 0 Å². The fourth-order valence-electron chi connectivity index (χ4n) is 0.476. The molecule has 0 heterocycles. The number of Topliss-reactive ketones (excluding diaryl/α,β-unsaturated/α-hetero) is 1. The van der Waals surface area contributed by atoms with Crippen LogP contribution in [0.15, 0.2) is 0 Å². The molecule has 0 aromatic carbocycles. The molecule has 0 radical (unpaired) electrons. The molecule has 1 atom stereocenters. The minimum Gasteiger partial charge on any atom is -0.457 e. The van der Waals surface area contributed by atoms with Gasteiger partial charge in [-0.05, 0) is 13.3 Å². The van der Waals surface area contributed by atoms with Crippen LogP contribution in [0.25, 0.3) is 0 Å². The maximum absolute atomic E-state index is 10.8. The van der Waals surface area contributed by atoms with Gasteiger partial charge < -0.3 is 4.74 Å². The quantitative estimate of drug-likeness (QED) is 0.457. The summed E-state index contributed by atoms with van der Waals surface area (Å²) in [7, 11) is 0. The highest BCUT2D eigenvalue weighted by Gasteiger charge is 2.14. The summed E-state index contributed by atoms with van der Waals surface area (Å²) in [5.41, 5.74) is 0. The van der Waals surface area contributed by atoms with Gasteiger partial charge in [0.05, 0.1) is 6.10 Å². The zero-order valence-electron chi connectivity index (χ0n) is 7.22. The fourth-order valence-corrected chi connectivity index (χ4v) is 0.476. The van der Waals surface area contributed by atoms with Crippen molar-refractivity contribution in [3.8, 4) is 0 Å². The third kappa shape index (κ3) is 3.75.